The Morgan fingerprint density at radius 2 is 1.87 bits per heavy atom. The fourth-order valence-electron chi connectivity index (χ4n) is 4.21. The summed E-state index contributed by atoms with van der Waals surface area (Å²) in [5, 5.41) is 10.8. The van der Waals surface area contributed by atoms with Gasteiger partial charge in [-0.3, -0.25) is 4.79 Å². The Morgan fingerprint density at radius 3 is 2.39 bits per heavy atom. The van der Waals surface area contributed by atoms with Gasteiger partial charge < -0.3 is 14.7 Å². The number of ketones is 1. The summed E-state index contributed by atoms with van der Waals surface area (Å²) < 4.78 is 0. The van der Waals surface area contributed by atoms with E-state index >= 15 is 0 Å². The number of aldehydes is 2. The average molecular weight is 314 g/mol. The number of allylic oxidation sites excluding steroid dienone is 4. The van der Waals surface area contributed by atoms with Gasteiger partial charge in [-0.25, -0.2) is 0 Å². The minimum Gasteiger partial charge on any atom is -0.381 e. The molecule has 3 aliphatic rings. The maximum atomic E-state index is 12.8. The molecule has 4 heteroatoms. The Kier molecular flexibility index (Phi) is 3.56. The Labute approximate surface area is 136 Å². The van der Waals surface area contributed by atoms with E-state index in [1.54, 1.807) is 6.92 Å². The fraction of sp³-hybridized carbons (Fsp3) is 0.526. The first kappa shape index (κ1) is 16.1. The lowest BCUT2D eigenvalue weighted by atomic mass is 9.67. The molecule has 0 aromatic carbocycles. The number of Topliss-reactive ketones (excluding diaryl/α,β-unsaturated/α-hetero) is 1. The topological polar surface area (TPSA) is 71.4 Å². The molecule has 0 aromatic rings. The first-order valence-electron chi connectivity index (χ1n) is 8.11. The minimum atomic E-state index is -1.34. The van der Waals surface area contributed by atoms with Crippen molar-refractivity contribution in [2.45, 2.75) is 52.1 Å². The Bertz CT molecular complexity index is 691. The number of fused-ring (bicyclic) bond motifs is 1. The molecule has 1 fully saturated rings. The first-order chi connectivity index (χ1) is 10.8. The minimum absolute atomic E-state index is 0.202. The maximum Gasteiger partial charge on any atom is 0.195 e. The largest absolute Gasteiger partial charge is 0.381 e. The summed E-state index contributed by atoms with van der Waals surface area (Å²) >= 11 is 0. The summed E-state index contributed by atoms with van der Waals surface area (Å²) in [5.41, 5.74) is 2.89. The van der Waals surface area contributed by atoms with Crippen molar-refractivity contribution in [1.29, 1.82) is 0 Å². The van der Waals surface area contributed by atoms with E-state index in [4.69, 9.17) is 0 Å². The van der Waals surface area contributed by atoms with Crippen LogP contribution < -0.4 is 0 Å². The standard InChI is InChI=1S/C19H22O4/c1-11-8-15-16(14(11)5-4-13(9-20)10-21)12(2)19(6-7-19)18(3,23)17(15)22/h8-10,13,23H,4-7H2,1-3H3/t18-/m0/s1. The second-order valence-electron chi connectivity index (χ2n) is 7.18. The van der Waals surface area contributed by atoms with Crippen molar-refractivity contribution in [3.63, 3.8) is 0 Å². The van der Waals surface area contributed by atoms with E-state index in [0.717, 1.165) is 35.1 Å². The van der Waals surface area contributed by atoms with E-state index in [1.807, 2.05) is 19.9 Å². The van der Waals surface area contributed by atoms with Crippen LogP contribution in [0.4, 0.5) is 0 Å². The van der Waals surface area contributed by atoms with Gasteiger partial charge in [0.1, 0.15) is 18.2 Å². The SMILES string of the molecule is CC1=C(CCC(C=O)C=O)C2=C(C)C3(CC3)[C@@](C)(O)C(=O)C2=C1. The number of hydrogen-bond donors (Lipinski definition) is 1. The second kappa shape index (κ2) is 5.10. The van der Waals surface area contributed by atoms with Crippen LogP contribution in [0.3, 0.4) is 0 Å². The van der Waals surface area contributed by atoms with Gasteiger partial charge in [-0.15, -0.1) is 0 Å². The number of aliphatic hydroxyl groups is 1. The van der Waals surface area contributed by atoms with Crippen molar-refractivity contribution < 1.29 is 19.5 Å². The van der Waals surface area contributed by atoms with Gasteiger partial charge >= 0.3 is 0 Å². The molecule has 3 aliphatic carbocycles. The molecule has 0 unspecified atom stereocenters. The van der Waals surface area contributed by atoms with E-state index in [-0.39, 0.29) is 5.78 Å². The molecular formula is C19H22O4. The molecule has 0 aromatic heterocycles. The highest BCUT2D eigenvalue weighted by Crippen LogP contribution is 2.65. The average Bonchev–Trinajstić information content (AvgIpc) is 3.27. The molecule has 1 spiro atoms. The molecule has 3 rings (SSSR count). The van der Waals surface area contributed by atoms with E-state index < -0.39 is 16.9 Å². The van der Waals surface area contributed by atoms with Crippen LogP contribution in [0.5, 0.6) is 0 Å². The molecule has 0 aliphatic heterocycles. The number of carbonyl (C=O) groups is 3. The van der Waals surface area contributed by atoms with Crippen LogP contribution in [-0.2, 0) is 14.4 Å². The van der Waals surface area contributed by atoms with Gasteiger partial charge in [0.25, 0.3) is 0 Å². The van der Waals surface area contributed by atoms with Gasteiger partial charge in [0.2, 0.25) is 0 Å². The van der Waals surface area contributed by atoms with E-state index in [9.17, 15) is 19.5 Å². The summed E-state index contributed by atoms with van der Waals surface area (Å²) in [7, 11) is 0. The molecule has 0 heterocycles. The van der Waals surface area contributed by atoms with Gasteiger partial charge in [-0.1, -0.05) is 5.57 Å². The van der Waals surface area contributed by atoms with Crippen LogP contribution in [0.25, 0.3) is 0 Å². The van der Waals surface area contributed by atoms with Crippen molar-refractivity contribution >= 4 is 18.4 Å². The van der Waals surface area contributed by atoms with Crippen molar-refractivity contribution in [1.82, 2.24) is 0 Å². The highest BCUT2D eigenvalue weighted by Gasteiger charge is 2.64. The molecular weight excluding hydrogens is 292 g/mol. The lowest BCUT2D eigenvalue weighted by Gasteiger charge is -2.39. The molecule has 1 atom stereocenters. The van der Waals surface area contributed by atoms with Crippen LogP contribution in [0.1, 0.15) is 46.5 Å². The Morgan fingerprint density at radius 1 is 1.26 bits per heavy atom. The molecule has 122 valence electrons. The lowest BCUT2D eigenvalue weighted by Crippen LogP contribution is -2.49. The molecule has 1 N–H and O–H groups in total. The highest BCUT2D eigenvalue weighted by atomic mass is 16.3. The third kappa shape index (κ3) is 2.04. The van der Waals surface area contributed by atoms with Crippen LogP contribution >= 0.6 is 0 Å². The third-order valence-corrected chi connectivity index (χ3v) is 5.95. The Balaban J connectivity index is 2.00. The zero-order valence-corrected chi connectivity index (χ0v) is 13.8. The van der Waals surface area contributed by atoms with Crippen molar-refractivity contribution in [3.05, 3.63) is 33.9 Å². The van der Waals surface area contributed by atoms with Crippen molar-refractivity contribution in [2.75, 3.05) is 0 Å². The summed E-state index contributed by atoms with van der Waals surface area (Å²) in [5.74, 6) is -0.801. The number of carbonyl (C=O) groups excluding carboxylic acids is 3. The molecule has 0 bridgehead atoms. The Hall–Kier alpha value is -1.81. The molecule has 4 nitrogen and oxygen atoms in total. The summed E-state index contributed by atoms with van der Waals surface area (Å²) in [6, 6.07) is 0. The molecule has 0 saturated heterocycles. The number of rotatable bonds is 5. The normalized spacial score (nSPS) is 28.4. The van der Waals surface area contributed by atoms with Gasteiger partial charge in [-0.2, -0.15) is 0 Å². The van der Waals surface area contributed by atoms with Gasteiger partial charge in [0, 0.05) is 11.0 Å². The lowest BCUT2D eigenvalue weighted by molar-refractivity contribution is -0.137. The van der Waals surface area contributed by atoms with Crippen LogP contribution in [0, 0.1) is 11.3 Å². The van der Waals surface area contributed by atoms with E-state index in [0.29, 0.717) is 31.0 Å². The van der Waals surface area contributed by atoms with Crippen LogP contribution in [-0.4, -0.2) is 29.1 Å². The first-order valence-corrected chi connectivity index (χ1v) is 8.11. The predicted octanol–water partition coefficient (Wildman–Crippen LogP) is 2.47. The maximum absolute atomic E-state index is 12.8. The van der Waals surface area contributed by atoms with Crippen molar-refractivity contribution in [2.24, 2.45) is 11.3 Å². The van der Waals surface area contributed by atoms with E-state index in [1.165, 1.54) is 0 Å². The van der Waals surface area contributed by atoms with Gasteiger partial charge in [-0.05, 0) is 69.2 Å². The van der Waals surface area contributed by atoms with Crippen LogP contribution in [0.15, 0.2) is 33.9 Å². The quantitative estimate of drug-likeness (QED) is 0.625. The zero-order valence-electron chi connectivity index (χ0n) is 13.8. The molecule has 0 amide bonds. The van der Waals surface area contributed by atoms with Crippen LogP contribution in [0.2, 0.25) is 0 Å². The summed E-state index contributed by atoms with van der Waals surface area (Å²) in [6.45, 7) is 5.58. The third-order valence-electron chi connectivity index (χ3n) is 5.95. The van der Waals surface area contributed by atoms with Gasteiger partial charge in [0.05, 0.1) is 5.92 Å². The van der Waals surface area contributed by atoms with Crippen molar-refractivity contribution in [3.8, 4) is 0 Å². The van der Waals surface area contributed by atoms with E-state index in [2.05, 4.69) is 0 Å². The number of hydrogen-bond acceptors (Lipinski definition) is 4. The van der Waals surface area contributed by atoms with Gasteiger partial charge in [0.15, 0.2) is 5.78 Å². The molecule has 1 saturated carbocycles. The second-order valence-corrected chi connectivity index (χ2v) is 7.18. The monoisotopic (exact) mass is 314 g/mol. The predicted molar refractivity (Wildman–Crippen MR) is 85.6 cm³/mol. The highest BCUT2D eigenvalue weighted by molar-refractivity contribution is 6.10. The fourth-order valence-corrected chi connectivity index (χ4v) is 4.21. The molecule has 0 radical (unpaired) electrons. The summed E-state index contributed by atoms with van der Waals surface area (Å²) in [4.78, 5) is 34.5. The zero-order chi connectivity index (χ0) is 17.0. The summed E-state index contributed by atoms with van der Waals surface area (Å²) in [6.07, 6.45) is 5.88. The molecule has 23 heavy (non-hydrogen) atoms. The smallest absolute Gasteiger partial charge is 0.195 e.